The van der Waals surface area contributed by atoms with Crippen LogP contribution in [0.15, 0.2) is 12.4 Å². The van der Waals surface area contributed by atoms with Crippen LogP contribution in [0.3, 0.4) is 0 Å². The van der Waals surface area contributed by atoms with Gasteiger partial charge in [0.05, 0.1) is 15.9 Å². The third-order valence-corrected chi connectivity index (χ3v) is 3.19. The molecule has 2 heterocycles. The van der Waals surface area contributed by atoms with Gasteiger partial charge in [0, 0.05) is 10.3 Å². The van der Waals surface area contributed by atoms with E-state index in [4.69, 9.17) is 0 Å². The van der Waals surface area contributed by atoms with E-state index in [9.17, 15) is 0 Å². The highest BCUT2D eigenvalue weighted by Gasteiger charge is 2.19. The number of aromatic nitrogens is 2. The molecule has 0 bridgehead atoms. The van der Waals surface area contributed by atoms with Crippen LogP contribution in [0.5, 0.6) is 0 Å². The van der Waals surface area contributed by atoms with Gasteiger partial charge in [-0.05, 0) is 13.0 Å². The number of aryl methyl sites for hydroxylation is 1. The van der Waals surface area contributed by atoms with Crippen molar-refractivity contribution in [3.8, 4) is 0 Å². The van der Waals surface area contributed by atoms with E-state index in [1.54, 1.807) is 17.7 Å². The first-order valence-corrected chi connectivity index (χ1v) is 5.52. The molecule has 0 unspecified atom stereocenters. The fraction of sp³-hybridized carbons (Fsp3) is 0.455. The first-order valence-electron chi connectivity index (χ1n) is 4.70. The zero-order valence-electron chi connectivity index (χ0n) is 8.96. The summed E-state index contributed by atoms with van der Waals surface area (Å²) in [5.74, 6) is 0. The molecular formula is C11H14N2S. The second-order valence-corrected chi connectivity index (χ2v) is 5.80. The third kappa shape index (κ3) is 1.52. The fourth-order valence-corrected chi connectivity index (χ4v) is 2.67. The highest BCUT2D eigenvalue weighted by molar-refractivity contribution is 7.19. The van der Waals surface area contributed by atoms with E-state index in [0.717, 1.165) is 11.2 Å². The number of rotatable bonds is 0. The van der Waals surface area contributed by atoms with Gasteiger partial charge in [-0.2, -0.15) is 0 Å². The van der Waals surface area contributed by atoms with Crippen LogP contribution >= 0.6 is 11.3 Å². The van der Waals surface area contributed by atoms with Crippen LogP contribution in [-0.4, -0.2) is 9.97 Å². The van der Waals surface area contributed by atoms with Crippen LogP contribution in [0, 0.1) is 6.92 Å². The molecule has 2 aromatic rings. The van der Waals surface area contributed by atoms with E-state index in [-0.39, 0.29) is 5.41 Å². The van der Waals surface area contributed by atoms with Crippen molar-refractivity contribution in [2.24, 2.45) is 0 Å². The first-order chi connectivity index (χ1) is 6.48. The molecule has 0 atom stereocenters. The molecule has 0 aliphatic carbocycles. The van der Waals surface area contributed by atoms with Gasteiger partial charge in [0.2, 0.25) is 0 Å². The lowest BCUT2D eigenvalue weighted by Gasteiger charge is -2.17. The minimum atomic E-state index is 0.0957. The Balaban J connectivity index is 2.77. The summed E-state index contributed by atoms with van der Waals surface area (Å²) in [6.45, 7) is 8.66. The van der Waals surface area contributed by atoms with E-state index in [0.29, 0.717) is 0 Å². The SMILES string of the molecule is Cc1cc2ncnc(C(C)(C)C)c2s1. The van der Waals surface area contributed by atoms with Crippen molar-refractivity contribution in [1.29, 1.82) is 0 Å². The predicted octanol–water partition coefficient (Wildman–Crippen LogP) is 3.30. The van der Waals surface area contributed by atoms with Crippen LogP contribution in [-0.2, 0) is 5.41 Å². The van der Waals surface area contributed by atoms with Crippen molar-refractivity contribution >= 4 is 21.6 Å². The number of hydrogen-bond donors (Lipinski definition) is 0. The molecule has 2 aromatic heterocycles. The minimum absolute atomic E-state index is 0.0957. The Hall–Kier alpha value is -0.960. The van der Waals surface area contributed by atoms with Gasteiger partial charge in [0.15, 0.2) is 0 Å². The number of nitrogens with zero attached hydrogens (tertiary/aromatic N) is 2. The van der Waals surface area contributed by atoms with E-state index in [1.165, 1.54) is 9.58 Å². The smallest absolute Gasteiger partial charge is 0.116 e. The summed E-state index contributed by atoms with van der Waals surface area (Å²) < 4.78 is 1.23. The molecule has 0 radical (unpaired) electrons. The van der Waals surface area contributed by atoms with Gasteiger partial charge < -0.3 is 0 Å². The summed E-state index contributed by atoms with van der Waals surface area (Å²) in [4.78, 5) is 9.96. The van der Waals surface area contributed by atoms with Crippen LogP contribution < -0.4 is 0 Å². The zero-order chi connectivity index (χ0) is 10.3. The summed E-state index contributed by atoms with van der Waals surface area (Å²) in [5, 5.41) is 0. The molecule has 0 spiro atoms. The quantitative estimate of drug-likeness (QED) is 0.661. The summed E-state index contributed by atoms with van der Waals surface area (Å²) in [7, 11) is 0. The molecule has 0 saturated heterocycles. The second kappa shape index (κ2) is 3.02. The van der Waals surface area contributed by atoms with Gasteiger partial charge in [0.25, 0.3) is 0 Å². The molecular weight excluding hydrogens is 192 g/mol. The highest BCUT2D eigenvalue weighted by Crippen LogP contribution is 2.32. The standard InChI is InChI=1S/C11H14N2S/c1-7-5-8-9(14-7)10(11(2,3)4)13-6-12-8/h5-6H,1-4H3. The lowest BCUT2D eigenvalue weighted by Crippen LogP contribution is -2.13. The second-order valence-electron chi connectivity index (χ2n) is 4.54. The maximum atomic E-state index is 4.39. The average Bonchev–Trinajstić information content (AvgIpc) is 2.41. The number of thiophene rings is 1. The molecule has 2 nitrogen and oxygen atoms in total. The van der Waals surface area contributed by atoms with Crippen molar-refractivity contribution in [3.05, 3.63) is 23.0 Å². The highest BCUT2D eigenvalue weighted by atomic mass is 32.1. The molecule has 2 rings (SSSR count). The van der Waals surface area contributed by atoms with Crippen molar-refractivity contribution in [2.45, 2.75) is 33.1 Å². The van der Waals surface area contributed by atoms with E-state index in [1.807, 2.05) is 0 Å². The molecule has 0 aromatic carbocycles. The maximum absolute atomic E-state index is 4.39. The average molecular weight is 206 g/mol. The summed E-state index contributed by atoms with van der Waals surface area (Å²) in [5.41, 5.74) is 2.33. The maximum Gasteiger partial charge on any atom is 0.116 e. The van der Waals surface area contributed by atoms with Crippen molar-refractivity contribution in [2.75, 3.05) is 0 Å². The topological polar surface area (TPSA) is 25.8 Å². The van der Waals surface area contributed by atoms with Crippen LogP contribution in [0.1, 0.15) is 31.3 Å². The summed E-state index contributed by atoms with van der Waals surface area (Å²) in [6, 6.07) is 2.12. The van der Waals surface area contributed by atoms with E-state index >= 15 is 0 Å². The lowest BCUT2D eigenvalue weighted by molar-refractivity contribution is 0.575. The van der Waals surface area contributed by atoms with Crippen LogP contribution in [0.4, 0.5) is 0 Å². The summed E-state index contributed by atoms with van der Waals surface area (Å²) in [6.07, 6.45) is 1.66. The van der Waals surface area contributed by atoms with E-state index < -0.39 is 0 Å². The monoisotopic (exact) mass is 206 g/mol. The van der Waals surface area contributed by atoms with Gasteiger partial charge in [-0.3, -0.25) is 0 Å². The molecule has 0 amide bonds. The van der Waals surface area contributed by atoms with Gasteiger partial charge >= 0.3 is 0 Å². The zero-order valence-corrected chi connectivity index (χ0v) is 9.77. The summed E-state index contributed by atoms with van der Waals surface area (Å²) >= 11 is 1.78. The first kappa shape index (κ1) is 9.59. The Labute approximate surface area is 88.0 Å². The molecule has 0 N–H and O–H groups in total. The van der Waals surface area contributed by atoms with E-state index in [2.05, 4.69) is 43.7 Å². The molecule has 74 valence electrons. The predicted molar refractivity (Wildman–Crippen MR) is 60.9 cm³/mol. The normalized spacial score (nSPS) is 12.3. The van der Waals surface area contributed by atoms with Crippen LogP contribution in [0.25, 0.3) is 10.2 Å². The Bertz CT molecular complexity index is 466. The molecule has 0 fully saturated rings. The largest absolute Gasteiger partial charge is 0.239 e. The molecule has 0 aliphatic rings. The molecule has 14 heavy (non-hydrogen) atoms. The van der Waals surface area contributed by atoms with Gasteiger partial charge in [-0.1, -0.05) is 20.8 Å². The molecule has 0 saturated carbocycles. The van der Waals surface area contributed by atoms with Gasteiger partial charge in [0.1, 0.15) is 6.33 Å². The molecule has 3 heteroatoms. The number of fused-ring (bicyclic) bond motifs is 1. The Kier molecular flexibility index (Phi) is 2.07. The number of hydrogen-bond acceptors (Lipinski definition) is 3. The van der Waals surface area contributed by atoms with Gasteiger partial charge in [-0.25, -0.2) is 9.97 Å². The van der Waals surface area contributed by atoms with Crippen LogP contribution in [0.2, 0.25) is 0 Å². The fourth-order valence-electron chi connectivity index (χ4n) is 1.51. The van der Waals surface area contributed by atoms with Crippen molar-refractivity contribution in [3.63, 3.8) is 0 Å². The minimum Gasteiger partial charge on any atom is -0.239 e. The van der Waals surface area contributed by atoms with Crippen molar-refractivity contribution < 1.29 is 0 Å². The Morgan fingerprint density at radius 1 is 1.21 bits per heavy atom. The van der Waals surface area contributed by atoms with Gasteiger partial charge in [-0.15, -0.1) is 11.3 Å². The van der Waals surface area contributed by atoms with Crippen molar-refractivity contribution in [1.82, 2.24) is 9.97 Å². The Morgan fingerprint density at radius 2 is 1.93 bits per heavy atom. The third-order valence-electron chi connectivity index (χ3n) is 2.14. The lowest BCUT2D eigenvalue weighted by atomic mass is 9.92. The Morgan fingerprint density at radius 3 is 2.57 bits per heavy atom. The molecule has 0 aliphatic heterocycles.